The molecule has 0 radical (unpaired) electrons. The van der Waals surface area contributed by atoms with Gasteiger partial charge >= 0.3 is 5.97 Å². The van der Waals surface area contributed by atoms with Crippen LogP contribution in [-0.2, 0) is 11.3 Å². The number of carbonyl (C=O) groups excluding carboxylic acids is 1. The normalized spacial score (nSPS) is 10.8. The number of aromatic nitrogens is 3. The van der Waals surface area contributed by atoms with E-state index in [9.17, 15) is 9.90 Å². The smallest absolute Gasteiger partial charge is 0.360 e. The Morgan fingerprint density at radius 2 is 2.20 bits per heavy atom. The van der Waals surface area contributed by atoms with Gasteiger partial charge in [0, 0.05) is 0 Å². The molecule has 0 saturated carbocycles. The van der Waals surface area contributed by atoms with E-state index < -0.39 is 5.97 Å². The lowest BCUT2D eigenvalue weighted by atomic mass is 10.1. The zero-order chi connectivity index (χ0) is 14.7. The second kappa shape index (κ2) is 5.73. The fourth-order valence-corrected chi connectivity index (χ4v) is 2.08. The average molecular weight is 275 g/mol. The third-order valence-corrected chi connectivity index (χ3v) is 2.94. The van der Waals surface area contributed by atoms with Crippen molar-refractivity contribution in [1.29, 1.82) is 0 Å². The summed E-state index contributed by atoms with van der Waals surface area (Å²) in [5.41, 5.74) is 1.84. The van der Waals surface area contributed by atoms with Crippen molar-refractivity contribution in [2.45, 2.75) is 26.3 Å². The van der Waals surface area contributed by atoms with Crippen molar-refractivity contribution in [3.05, 3.63) is 41.2 Å². The van der Waals surface area contributed by atoms with Crippen LogP contribution in [0.25, 0.3) is 0 Å². The number of ether oxygens (including phenoxy) is 1. The van der Waals surface area contributed by atoms with Crippen molar-refractivity contribution in [2.75, 3.05) is 7.11 Å². The molecule has 0 atom stereocenters. The van der Waals surface area contributed by atoms with Crippen molar-refractivity contribution in [3.8, 4) is 5.75 Å². The molecule has 1 aromatic heterocycles. The van der Waals surface area contributed by atoms with Crippen LogP contribution in [0.2, 0.25) is 0 Å². The predicted molar refractivity (Wildman–Crippen MR) is 72.7 cm³/mol. The quantitative estimate of drug-likeness (QED) is 0.863. The lowest BCUT2D eigenvalue weighted by Gasteiger charge is -2.10. The van der Waals surface area contributed by atoms with Crippen LogP contribution in [0.4, 0.5) is 0 Å². The molecule has 0 bridgehead atoms. The topological polar surface area (TPSA) is 77.2 Å². The van der Waals surface area contributed by atoms with Gasteiger partial charge in [-0.2, -0.15) is 0 Å². The molecule has 6 nitrogen and oxygen atoms in total. The number of phenols is 1. The molecule has 0 unspecified atom stereocenters. The first kappa shape index (κ1) is 14.0. The molecule has 2 aromatic rings. The average Bonchev–Trinajstić information content (AvgIpc) is 2.81. The molecule has 1 N–H and O–H groups in total. The van der Waals surface area contributed by atoms with Gasteiger partial charge in [-0.3, -0.25) is 0 Å². The highest BCUT2D eigenvalue weighted by Crippen LogP contribution is 2.20. The Bertz CT molecular complexity index is 620. The molecule has 0 aliphatic rings. The van der Waals surface area contributed by atoms with E-state index in [4.69, 9.17) is 4.74 Å². The highest BCUT2D eigenvalue weighted by molar-refractivity contribution is 5.88. The molecule has 0 aliphatic heterocycles. The van der Waals surface area contributed by atoms with E-state index in [1.54, 1.807) is 22.9 Å². The fraction of sp³-hybridized carbons (Fsp3) is 0.357. The van der Waals surface area contributed by atoms with Gasteiger partial charge in [0.05, 0.1) is 19.3 Å². The van der Waals surface area contributed by atoms with E-state index in [1.807, 2.05) is 19.9 Å². The van der Waals surface area contributed by atoms with Crippen molar-refractivity contribution >= 4 is 5.97 Å². The van der Waals surface area contributed by atoms with Gasteiger partial charge in [0.2, 0.25) is 0 Å². The molecule has 6 heteroatoms. The molecule has 20 heavy (non-hydrogen) atoms. The van der Waals surface area contributed by atoms with E-state index in [0.717, 1.165) is 11.3 Å². The molecule has 1 heterocycles. The third kappa shape index (κ3) is 2.79. The number of methoxy groups -OCH3 is 1. The summed E-state index contributed by atoms with van der Waals surface area (Å²) in [6.45, 7) is 4.36. The Labute approximate surface area is 117 Å². The number of nitrogens with zero attached hydrogens (tertiary/aromatic N) is 3. The Morgan fingerprint density at radius 1 is 1.45 bits per heavy atom. The number of hydrogen-bond donors (Lipinski definition) is 1. The van der Waals surface area contributed by atoms with Crippen molar-refractivity contribution < 1.29 is 14.6 Å². The summed E-state index contributed by atoms with van der Waals surface area (Å²) in [4.78, 5) is 11.7. The molecular weight excluding hydrogens is 258 g/mol. The number of phenolic OH excluding ortho intramolecular Hbond substituents is 1. The number of esters is 1. The number of benzene rings is 1. The SMILES string of the molecule is COC(=O)c1nnn(Cc2cccc(O)c2)c1C(C)C. The molecule has 0 aliphatic carbocycles. The summed E-state index contributed by atoms with van der Waals surface area (Å²) in [6.07, 6.45) is 0. The maximum atomic E-state index is 11.7. The second-order valence-electron chi connectivity index (χ2n) is 4.80. The molecule has 0 saturated heterocycles. The summed E-state index contributed by atoms with van der Waals surface area (Å²) in [7, 11) is 1.32. The van der Waals surface area contributed by atoms with E-state index in [2.05, 4.69) is 10.3 Å². The van der Waals surface area contributed by atoms with Crippen LogP contribution in [0, 0.1) is 0 Å². The fourth-order valence-electron chi connectivity index (χ4n) is 2.08. The van der Waals surface area contributed by atoms with Crippen LogP contribution in [-0.4, -0.2) is 33.2 Å². The highest BCUT2D eigenvalue weighted by Gasteiger charge is 2.22. The third-order valence-electron chi connectivity index (χ3n) is 2.94. The van der Waals surface area contributed by atoms with Gasteiger partial charge in [-0.25, -0.2) is 9.48 Å². The minimum absolute atomic E-state index is 0.0800. The van der Waals surface area contributed by atoms with Gasteiger partial charge in [0.25, 0.3) is 0 Å². The minimum atomic E-state index is -0.490. The standard InChI is InChI=1S/C14H17N3O3/c1-9(2)13-12(14(19)20-3)15-16-17(13)8-10-5-4-6-11(18)7-10/h4-7,9,18H,8H2,1-3H3. The Morgan fingerprint density at radius 3 is 2.80 bits per heavy atom. The molecule has 0 amide bonds. The highest BCUT2D eigenvalue weighted by atomic mass is 16.5. The predicted octanol–water partition coefficient (Wildman–Crippen LogP) is 1.94. The van der Waals surface area contributed by atoms with E-state index in [0.29, 0.717) is 6.54 Å². The van der Waals surface area contributed by atoms with Crippen molar-refractivity contribution in [1.82, 2.24) is 15.0 Å². The lowest BCUT2D eigenvalue weighted by molar-refractivity contribution is 0.0592. The van der Waals surface area contributed by atoms with Gasteiger partial charge in [-0.1, -0.05) is 31.2 Å². The minimum Gasteiger partial charge on any atom is -0.508 e. The number of hydrogen-bond acceptors (Lipinski definition) is 5. The largest absolute Gasteiger partial charge is 0.508 e. The van der Waals surface area contributed by atoms with Gasteiger partial charge in [0.1, 0.15) is 5.75 Å². The maximum absolute atomic E-state index is 11.7. The molecule has 2 rings (SSSR count). The van der Waals surface area contributed by atoms with Gasteiger partial charge in [0.15, 0.2) is 5.69 Å². The zero-order valence-corrected chi connectivity index (χ0v) is 11.7. The summed E-state index contributed by atoms with van der Waals surface area (Å²) in [5, 5.41) is 17.4. The number of aromatic hydroxyl groups is 1. The molecule has 1 aromatic carbocycles. The van der Waals surface area contributed by atoms with Crippen LogP contribution >= 0.6 is 0 Å². The molecular formula is C14H17N3O3. The van der Waals surface area contributed by atoms with Gasteiger partial charge < -0.3 is 9.84 Å². The first-order chi connectivity index (χ1) is 9.52. The van der Waals surface area contributed by atoms with Crippen molar-refractivity contribution in [3.63, 3.8) is 0 Å². The van der Waals surface area contributed by atoms with Crippen LogP contribution in [0.15, 0.2) is 24.3 Å². The number of carbonyl (C=O) groups is 1. The lowest BCUT2D eigenvalue weighted by Crippen LogP contribution is -2.11. The van der Waals surface area contributed by atoms with E-state index in [1.165, 1.54) is 7.11 Å². The van der Waals surface area contributed by atoms with Crippen LogP contribution in [0.1, 0.15) is 41.5 Å². The summed E-state index contributed by atoms with van der Waals surface area (Å²) < 4.78 is 6.37. The van der Waals surface area contributed by atoms with Gasteiger partial charge in [-0.05, 0) is 23.6 Å². The monoisotopic (exact) mass is 275 g/mol. The molecule has 0 fully saturated rings. The van der Waals surface area contributed by atoms with Crippen LogP contribution in [0.5, 0.6) is 5.75 Å². The summed E-state index contributed by atoms with van der Waals surface area (Å²) in [6, 6.07) is 6.90. The first-order valence-electron chi connectivity index (χ1n) is 6.32. The van der Waals surface area contributed by atoms with Crippen molar-refractivity contribution in [2.24, 2.45) is 0 Å². The Kier molecular flexibility index (Phi) is 4.02. The van der Waals surface area contributed by atoms with Crippen LogP contribution < -0.4 is 0 Å². The van der Waals surface area contributed by atoms with Gasteiger partial charge in [-0.15, -0.1) is 5.10 Å². The van der Waals surface area contributed by atoms with Crippen LogP contribution in [0.3, 0.4) is 0 Å². The number of rotatable bonds is 4. The molecule has 106 valence electrons. The summed E-state index contributed by atoms with van der Waals surface area (Å²) in [5.74, 6) is -0.214. The zero-order valence-electron chi connectivity index (χ0n) is 11.7. The first-order valence-corrected chi connectivity index (χ1v) is 6.32. The Hall–Kier alpha value is -2.37. The second-order valence-corrected chi connectivity index (χ2v) is 4.80. The Balaban J connectivity index is 2.37. The maximum Gasteiger partial charge on any atom is 0.360 e. The van der Waals surface area contributed by atoms with E-state index >= 15 is 0 Å². The molecule has 0 spiro atoms. The summed E-state index contributed by atoms with van der Waals surface area (Å²) >= 11 is 0. The van der Waals surface area contributed by atoms with E-state index in [-0.39, 0.29) is 17.4 Å².